The molecule has 0 aliphatic carbocycles. The fraction of sp³-hybridized carbons (Fsp3) is 0.571. The molecule has 0 saturated heterocycles. The summed E-state index contributed by atoms with van der Waals surface area (Å²) in [5.74, 6) is 0.844. The largest absolute Gasteiger partial charge is 0.347 e. The quantitative estimate of drug-likeness (QED) is 0.658. The predicted octanol–water partition coefficient (Wildman–Crippen LogP) is 2.27. The lowest BCUT2D eigenvalue weighted by Gasteiger charge is -2.15. The summed E-state index contributed by atoms with van der Waals surface area (Å²) >= 11 is 6.09. The van der Waals surface area contributed by atoms with E-state index in [1.807, 2.05) is 13.8 Å². The number of halogens is 1. The number of aromatic nitrogens is 2. The fourth-order valence-electron chi connectivity index (χ4n) is 0.718. The van der Waals surface area contributed by atoms with Gasteiger partial charge in [-0.05, 0) is 13.3 Å². The molecule has 0 radical (unpaired) electrons. The predicted molar refractivity (Wildman–Crippen MR) is 42.1 cm³/mol. The summed E-state index contributed by atoms with van der Waals surface area (Å²) in [6.07, 6.45) is 4.37. The van der Waals surface area contributed by atoms with Gasteiger partial charge in [-0.15, -0.1) is 11.6 Å². The molecule has 10 heavy (non-hydrogen) atoms. The van der Waals surface area contributed by atoms with Crippen molar-refractivity contribution in [2.45, 2.75) is 25.1 Å². The summed E-state index contributed by atoms with van der Waals surface area (Å²) in [6.45, 7) is 3.99. The van der Waals surface area contributed by atoms with E-state index in [0.29, 0.717) is 0 Å². The molecular formula is C7H11ClN2. The molecule has 0 bridgehead atoms. The molecule has 0 aliphatic rings. The molecule has 56 valence electrons. The Balaban J connectivity index is 2.85. The van der Waals surface area contributed by atoms with Crippen LogP contribution in [-0.2, 0) is 4.87 Å². The lowest BCUT2D eigenvalue weighted by molar-refractivity contribution is 0.612. The van der Waals surface area contributed by atoms with Crippen molar-refractivity contribution in [2.75, 3.05) is 0 Å². The number of H-pyrrole nitrogens is 1. The first-order valence-corrected chi connectivity index (χ1v) is 3.73. The molecule has 0 aromatic carbocycles. The topological polar surface area (TPSA) is 28.7 Å². The Morgan fingerprint density at radius 1 is 1.80 bits per heavy atom. The van der Waals surface area contributed by atoms with E-state index in [2.05, 4.69) is 9.97 Å². The Morgan fingerprint density at radius 2 is 2.50 bits per heavy atom. The van der Waals surface area contributed by atoms with Crippen LogP contribution in [0, 0.1) is 0 Å². The second-order valence-corrected chi connectivity index (χ2v) is 3.32. The minimum Gasteiger partial charge on any atom is -0.347 e. The van der Waals surface area contributed by atoms with E-state index in [0.717, 1.165) is 12.2 Å². The van der Waals surface area contributed by atoms with Crippen molar-refractivity contribution in [1.82, 2.24) is 9.97 Å². The lowest BCUT2D eigenvalue weighted by Crippen LogP contribution is -2.13. The Hall–Kier alpha value is -0.500. The molecule has 0 fully saturated rings. The standard InChI is InChI=1S/C7H11ClN2/c1-3-7(2,8)6-9-4-5-10-6/h4-5H,3H2,1-2H3,(H,9,10). The van der Waals surface area contributed by atoms with Crippen LogP contribution in [0.25, 0.3) is 0 Å². The fourth-order valence-corrected chi connectivity index (χ4v) is 0.821. The number of hydrogen-bond acceptors (Lipinski definition) is 1. The third-order valence-electron chi connectivity index (χ3n) is 1.66. The summed E-state index contributed by atoms with van der Waals surface area (Å²) < 4.78 is 0. The number of hydrogen-bond donors (Lipinski definition) is 1. The SMILES string of the molecule is CCC(C)(Cl)c1ncc[nH]1. The number of nitrogens with zero attached hydrogens (tertiary/aromatic N) is 1. The average Bonchev–Trinajstić information content (AvgIpc) is 2.38. The molecule has 0 spiro atoms. The molecule has 1 atom stereocenters. The summed E-state index contributed by atoms with van der Waals surface area (Å²) in [4.78, 5) is 6.73. The van der Waals surface area contributed by atoms with Crippen LogP contribution in [0.3, 0.4) is 0 Å². The van der Waals surface area contributed by atoms with E-state index in [9.17, 15) is 0 Å². The molecule has 1 unspecified atom stereocenters. The monoisotopic (exact) mass is 158 g/mol. The first-order chi connectivity index (χ1) is 4.67. The highest BCUT2D eigenvalue weighted by molar-refractivity contribution is 6.23. The number of rotatable bonds is 2. The van der Waals surface area contributed by atoms with Crippen molar-refractivity contribution in [3.8, 4) is 0 Å². The Labute approximate surface area is 65.6 Å². The van der Waals surface area contributed by atoms with Gasteiger partial charge in [-0.1, -0.05) is 6.92 Å². The minimum atomic E-state index is -0.330. The van der Waals surface area contributed by atoms with Gasteiger partial charge >= 0.3 is 0 Å². The second-order valence-electron chi connectivity index (χ2n) is 2.49. The minimum absolute atomic E-state index is 0.330. The van der Waals surface area contributed by atoms with Gasteiger partial charge in [0.25, 0.3) is 0 Å². The van der Waals surface area contributed by atoms with Crippen LogP contribution in [-0.4, -0.2) is 9.97 Å². The van der Waals surface area contributed by atoms with Gasteiger partial charge in [-0.2, -0.15) is 0 Å². The van der Waals surface area contributed by atoms with Gasteiger partial charge in [0, 0.05) is 12.4 Å². The van der Waals surface area contributed by atoms with E-state index in [-0.39, 0.29) is 4.87 Å². The van der Waals surface area contributed by atoms with Crippen LogP contribution in [0.15, 0.2) is 12.4 Å². The van der Waals surface area contributed by atoms with Gasteiger partial charge in [0.2, 0.25) is 0 Å². The van der Waals surface area contributed by atoms with Crippen molar-refractivity contribution in [1.29, 1.82) is 0 Å². The van der Waals surface area contributed by atoms with Gasteiger partial charge in [0.1, 0.15) is 5.82 Å². The highest BCUT2D eigenvalue weighted by atomic mass is 35.5. The molecule has 0 saturated carbocycles. The molecule has 1 aromatic rings. The Bertz CT molecular complexity index is 191. The van der Waals surface area contributed by atoms with Gasteiger partial charge in [0.15, 0.2) is 0 Å². The van der Waals surface area contributed by atoms with Crippen LogP contribution in [0.2, 0.25) is 0 Å². The molecule has 2 nitrogen and oxygen atoms in total. The number of alkyl halides is 1. The maximum absolute atomic E-state index is 6.09. The maximum atomic E-state index is 6.09. The Morgan fingerprint density at radius 3 is 2.90 bits per heavy atom. The normalized spacial score (nSPS) is 16.7. The first-order valence-electron chi connectivity index (χ1n) is 3.35. The van der Waals surface area contributed by atoms with E-state index in [1.54, 1.807) is 12.4 Å². The summed E-state index contributed by atoms with van der Waals surface area (Å²) in [7, 11) is 0. The van der Waals surface area contributed by atoms with Gasteiger partial charge in [-0.3, -0.25) is 0 Å². The van der Waals surface area contributed by atoms with Crippen LogP contribution in [0.4, 0.5) is 0 Å². The molecule has 0 amide bonds. The zero-order chi connectivity index (χ0) is 7.61. The van der Waals surface area contributed by atoms with Crippen LogP contribution in [0.1, 0.15) is 26.1 Å². The van der Waals surface area contributed by atoms with Crippen molar-refractivity contribution < 1.29 is 0 Å². The highest BCUT2D eigenvalue weighted by Crippen LogP contribution is 2.28. The number of nitrogens with one attached hydrogen (secondary N) is 1. The average molecular weight is 159 g/mol. The smallest absolute Gasteiger partial charge is 0.126 e. The van der Waals surface area contributed by atoms with E-state index < -0.39 is 0 Å². The van der Waals surface area contributed by atoms with Gasteiger partial charge in [0.05, 0.1) is 4.87 Å². The first kappa shape index (κ1) is 7.61. The van der Waals surface area contributed by atoms with Gasteiger partial charge in [-0.25, -0.2) is 4.98 Å². The highest BCUT2D eigenvalue weighted by Gasteiger charge is 2.22. The van der Waals surface area contributed by atoms with Crippen LogP contribution >= 0.6 is 11.6 Å². The van der Waals surface area contributed by atoms with E-state index in [1.165, 1.54) is 0 Å². The molecule has 1 rings (SSSR count). The summed E-state index contributed by atoms with van der Waals surface area (Å²) in [6, 6.07) is 0. The zero-order valence-electron chi connectivity index (χ0n) is 6.19. The van der Waals surface area contributed by atoms with Gasteiger partial charge < -0.3 is 4.98 Å². The van der Waals surface area contributed by atoms with E-state index in [4.69, 9.17) is 11.6 Å². The maximum Gasteiger partial charge on any atom is 0.126 e. The molecule has 1 heterocycles. The number of imidazole rings is 1. The summed E-state index contributed by atoms with van der Waals surface area (Å²) in [5, 5.41) is 0. The summed E-state index contributed by atoms with van der Waals surface area (Å²) in [5.41, 5.74) is 0. The van der Waals surface area contributed by atoms with Crippen LogP contribution < -0.4 is 0 Å². The molecule has 0 aliphatic heterocycles. The van der Waals surface area contributed by atoms with Crippen LogP contribution in [0.5, 0.6) is 0 Å². The third kappa shape index (κ3) is 1.32. The molecule has 1 aromatic heterocycles. The molecule has 3 heteroatoms. The van der Waals surface area contributed by atoms with Crippen molar-refractivity contribution in [3.63, 3.8) is 0 Å². The zero-order valence-corrected chi connectivity index (χ0v) is 6.94. The third-order valence-corrected chi connectivity index (χ3v) is 2.10. The molecule has 1 N–H and O–H groups in total. The van der Waals surface area contributed by atoms with Crippen molar-refractivity contribution >= 4 is 11.6 Å². The number of aromatic amines is 1. The molecular weight excluding hydrogens is 148 g/mol. The Kier molecular flexibility index (Phi) is 2.00. The second kappa shape index (κ2) is 2.62. The van der Waals surface area contributed by atoms with Crippen molar-refractivity contribution in [2.24, 2.45) is 0 Å². The van der Waals surface area contributed by atoms with Crippen molar-refractivity contribution in [3.05, 3.63) is 18.2 Å². The van der Waals surface area contributed by atoms with E-state index >= 15 is 0 Å². The lowest BCUT2D eigenvalue weighted by atomic mass is 10.1.